The van der Waals surface area contributed by atoms with Gasteiger partial charge in [-0.05, 0) is 33.7 Å². The smallest absolute Gasteiger partial charge is 0.410 e. The second kappa shape index (κ2) is 5.04. The first-order valence-corrected chi connectivity index (χ1v) is 6.01. The van der Waals surface area contributed by atoms with E-state index in [-0.39, 0.29) is 6.09 Å². The highest BCUT2D eigenvalue weighted by Gasteiger charge is 2.30. The molecule has 0 aromatic carbocycles. The first-order valence-electron chi connectivity index (χ1n) is 6.01. The van der Waals surface area contributed by atoms with Gasteiger partial charge in [-0.1, -0.05) is 6.92 Å². The molecule has 1 aliphatic heterocycles. The van der Waals surface area contributed by atoms with Crippen LogP contribution in [0.5, 0.6) is 0 Å². The van der Waals surface area contributed by atoms with Crippen LogP contribution in [0.4, 0.5) is 4.79 Å². The van der Waals surface area contributed by atoms with Gasteiger partial charge in [0, 0.05) is 26.2 Å². The van der Waals surface area contributed by atoms with Gasteiger partial charge in [0.1, 0.15) is 5.60 Å². The molecule has 0 aromatic heterocycles. The Kier molecular flexibility index (Phi) is 4.19. The minimum absolute atomic E-state index is 0.213. The molecular weight excluding hydrogens is 204 g/mol. The summed E-state index contributed by atoms with van der Waals surface area (Å²) < 4.78 is 5.35. The molecule has 1 saturated heterocycles. The number of amides is 1. The number of likely N-dealkylation sites (N-methyl/N-ethyl adjacent to an activating group) is 2. The van der Waals surface area contributed by atoms with Gasteiger partial charge in [-0.3, -0.25) is 0 Å². The fourth-order valence-corrected chi connectivity index (χ4v) is 1.90. The highest BCUT2D eigenvalue weighted by Crippen LogP contribution is 2.17. The molecule has 0 aliphatic carbocycles. The number of carbonyl (C=O) groups excluding carboxylic acids is 1. The SMILES string of the molecule is CCN1CCC(N(C)C(=O)OC(C)(C)C)C1. The summed E-state index contributed by atoms with van der Waals surface area (Å²) in [6.45, 7) is 10.9. The number of rotatable bonds is 2. The van der Waals surface area contributed by atoms with Crippen molar-refractivity contribution in [3.63, 3.8) is 0 Å². The predicted octanol–water partition coefficient (Wildman–Crippen LogP) is 1.95. The van der Waals surface area contributed by atoms with E-state index in [2.05, 4.69) is 11.8 Å². The van der Waals surface area contributed by atoms with Crippen LogP contribution in [0.1, 0.15) is 34.1 Å². The maximum Gasteiger partial charge on any atom is 0.410 e. The van der Waals surface area contributed by atoms with E-state index < -0.39 is 5.60 Å². The van der Waals surface area contributed by atoms with Gasteiger partial charge in [-0.25, -0.2) is 4.79 Å². The van der Waals surface area contributed by atoms with Gasteiger partial charge < -0.3 is 14.5 Å². The molecule has 0 N–H and O–H groups in total. The first-order chi connectivity index (χ1) is 7.33. The molecule has 1 atom stereocenters. The van der Waals surface area contributed by atoms with Crippen LogP contribution in [-0.2, 0) is 4.74 Å². The van der Waals surface area contributed by atoms with Crippen molar-refractivity contribution in [3.8, 4) is 0 Å². The monoisotopic (exact) mass is 228 g/mol. The summed E-state index contributed by atoms with van der Waals surface area (Å²) in [6.07, 6.45) is 0.833. The van der Waals surface area contributed by atoms with Crippen LogP contribution < -0.4 is 0 Å². The van der Waals surface area contributed by atoms with Crippen molar-refractivity contribution in [2.75, 3.05) is 26.7 Å². The number of carbonyl (C=O) groups is 1. The summed E-state index contributed by atoms with van der Waals surface area (Å²) in [4.78, 5) is 15.9. The maximum absolute atomic E-state index is 11.8. The summed E-state index contributed by atoms with van der Waals surface area (Å²) in [5.74, 6) is 0. The highest BCUT2D eigenvalue weighted by atomic mass is 16.6. The molecule has 0 radical (unpaired) electrons. The molecular formula is C12H24N2O2. The highest BCUT2D eigenvalue weighted by molar-refractivity contribution is 5.68. The third-order valence-corrected chi connectivity index (χ3v) is 2.92. The lowest BCUT2D eigenvalue weighted by Crippen LogP contribution is -2.42. The summed E-state index contributed by atoms with van der Waals surface area (Å²) in [6, 6.07) is 0.301. The maximum atomic E-state index is 11.8. The van der Waals surface area contributed by atoms with Gasteiger partial charge in [0.25, 0.3) is 0 Å². The van der Waals surface area contributed by atoms with E-state index in [1.165, 1.54) is 0 Å². The lowest BCUT2D eigenvalue weighted by atomic mass is 10.2. The van der Waals surface area contributed by atoms with Crippen molar-refractivity contribution in [2.24, 2.45) is 0 Å². The molecule has 1 unspecified atom stereocenters. The normalized spacial score (nSPS) is 22.2. The van der Waals surface area contributed by atoms with Gasteiger partial charge in [-0.15, -0.1) is 0 Å². The Labute approximate surface area is 98.5 Å². The molecule has 1 fully saturated rings. The zero-order valence-electron chi connectivity index (χ0n) is 11.1. The molecule has 94 valence electrons. The summed E-state index contributed by atoms with van der Waals surface area (Å²) >= 11 is 0. The van der Waals surface area contributed by atoms with Crippen LogP contribution in [0.3, 0.4) is 0 Å². The van der Waals surface area contributed by atoms with E-state index in [0.29, 0.717) is 6.04 Å². The molecule has 4 nitrogen and oxygen atoms in total. The largest absolute Gasteiger partial charge is 0.444 e. The summed E-state index contributed by atoms with van der Waals surface area (Å²) in [7, 11) is 1.83. The Morgan fingerprint density at radius 3 is 2.56 bits per heavy atom. The van der Waals surface area contributed by atoms with Crippen molar-refractivity contribution >= 4 is 6.09 Å². The van der Waals surface area contributed by atoms with Crippen molar-refractivity contribution < 1.29 is 9.53 Å². The quantitative estimate of drug-likeness (QED) is 0.724. The van der Waals surface area contributed by atoms with Gasteiger partial charge in [-0.2, -0.15) is 0 Å². The summed E-state index contributed by atoms with van der Waals surface area (Å²) in [5.41, 5.74) is -0.408. The van der Waals surface area contributed by atoms with Gasteiger partial charge in [0.15, 0.2) is 0 Å². The van der Waals surface area contributed by atoms with E-state index >= 15 is 0 Å². The van der Waals surface area contributed by atoms with Crippen LogP contribution in [-0.4, -0.2) is 54.2 Å². The molecule has 0 saturated carbocycles. The van der Waals surface area contributed by atoms with E-state index in [0.717, 1.165) is 26.1 Å². The number of hydrogen-bond donors (Lipinski definition) is 0. The van der Waals surface area contributed by atoms with Gasteiger partial charge in [0.2, 0.25) is 0 Å². The van der Waals surface area contributed by atoms with Crippen molar-refractivity contribution in [2.45, 2.75) is 45.8 Å². The first kappa shape index (κ1) is 13.3. The van der Waals surface area contributed by atoms with Gasteiger partial charge in [0.05, 0.1) is 0 Å². The Bertz CT molecular complexity index is 248. The molecule has 16 heavy (non-hydrogen) atoms. The predicted molar refractivity (Wildman–Crippen MR) is 64.5 cm³/mol. The van der Waals surface area contributed by atoms with Crippen molar-refractivity contribution in [3.05, 3.63) is 0 Å². The Morgan fingerprint density at radius 2 is 2.12 bits per heavy atom. The fraction of sp³-hybridized carbons (Fsp3) is 0.917. The molecule has 4 heteroatoms. The molecule has 0 spiro atoms. The lowest BCUT2D eigenvalue weighted by Gasteiger charge is -2.28. The molecule has 1 heterocycles. The van der Waals surface area contributed by atoms with Crippen LogP contribution in [0.25, 0.3) is 0 Å². The third kappa shape index (κ3) is 3.67. The van der Waals surface area contributed by atoms with Crippen molar-refractivity contribution in [1.82, 2.24) is 9.80 Å². The zero-order chi connectivity index (χ0) is 12.3. The molecule has 0 aromatic rings. The summed E-state index contributed by atoms with van der Waals surface area (Å²) in [5, 5.41) is 0. The number of nitrogens with zero attached hydrogens (tertiary/aromatic N) is 2. The van der Waals surface area contributed by atoms with Crippen LogP contribution >= 0.6 is 0 Å². The van der Waals surface area contributed by atoms with Crippen LogP contribution in [0.2, 0.25) is 0 Å². The average Bonchev–Trinajstić information content (AvgIpc) is 2.61. The standard InChI is InChI=1S/C12H24N2O2/c1-6-14-8-7-10(9-14)13(5)11(15)16-12(2,3)4/h10H,6-9H2,1-5H3. The van der Waals surface area contributed by atoms with E-state index in [4.69, 9.17) is 4.74 Å². The minimum atomic E-state index is -0.408. The van der Waals surface area contributed by atoms with Crippen molar-refractivity contribution in [1.29, 1.82) is 0 Å². The van der Waals surface area contributed by atoms with Crippen LogP contribution in [0.15, 0.2) is 0 Å². The molecule has 1 aliphatic rings. The third-order valence-electron chi connectivity index (χ3n) is 2.92. The van der Waals surface area contributed by atoms with E-state index in [1.54, 1.807) is 4.90 Å². The number of likely N-dealkylation sites (tertiary alicyclic amines) is 1. The number of hydrogen-bond acceptors (Lipinski definition) is 3. The zero-order valence-corrected chi connectivity index (χ0v) is 11.1. The Morgan fingerprint density at radius 1 is 1.50 bits per heavy atom. The number of ether oxygens (including phenoxy) is 1. The Hall–Kier alpha value is -0.770. The molecule has 1 rings (SSSR count). The molecule has 1 amide bonds. The van der Waals surface area contributed by atoms with Crippen LogP contribution in [0, 0.1) is 0 Å². The second-order valence-electron chi connectivity index (χ2n) is 5.43. The minimum Gasteiger partial charge on any atom is -0.444 e. The van der Waals surface area contributed by atoms with Gasteiger partial charge >= 0.3 is 6.09 Å². The van der Waals surface area contributed by atoms with E-state index in [1.807, 2.05) is 27.8 Å². The average molecular weight is 228 g/mol. The lowest BCUT2D eigenvalue weighted by molar-refractivity contribution is 0.0229. The fourth-order valence-electron chi connectivity index (χ4n) is 1.90. The topological polar surface area (TPSA) is 32.8 Å². The van der Waals surface area contributed by atoms with E-state index in [9.17, 15) is 4.79 Å². The Balaban J connectivity index is 2.46. The molecule has 0 bridgehead atoms. The second-order valence-corrected chi connectivity index (χ2v) is 5.43.